The van der Waals surface area contributed by atoms with Crippen LogP contribution in [0.1, 0.15) is 0 Å². The van der Waals surface area contributed by atoms with Crippen LogP contribution in [0.4, 0.5) is 0 Å². The summed E-state index contributed by atoms with van der Waals surface area (Å²) in [6, 6.07) is 0. The molecule has 0 radical (unpaired) electrons. The Morgan fingerprint density at radius 2 is 2.25 bits per heavy atom. The summed E-state index contributed by atoms with van der Waals surface area (Å²) in [4.78, 5) is 0. The summed E-state index contributed by atoms with van der Waals surface area (Å²) in [7, 11) is 1.79. The van der Waals surface area contributed by atoms with Gasteiger partial charge in [-0.1, -0.05) is 6.58 Å². The van der Waals surface area contributed by atoms with E-state index in [1.807, 2.05) is 0 Å². The molecule has 1 N–H and O–H groups in total. The molecule has 0 spiro atoms. The molecule has 0 aliphatic rings. The molecule has 3 nitrogen and oxygen atoms in total. The van der Waals surface area contributed by atoms with Gasteiger partial charge in [-0.3, -0.25) is 0 Å². The van der Waals surface area contributed by atoms with E-state index in [1.165, 1.54) is 6.20 Å². The Hall–Kier alpha value is -1.12. The molecule has 3 heteroatoms. The van der Waals surface area contributed by atoms with E-state index < -0.39 is 0 Å². The lowest BCUT2D eigenvalue weighted by Crippen LogP contribution is -1.89. The van der Waals surface area contributed by atoms with E-state index in [1.54, 1.807) is 19.4 Å². The molecule has 0 fully saturated rings. The molecule has 0 aromatic carbocycles. The van der Waals surface area contributed by atoms with Gasteiger partial charge in [-0.15, -0.1) is 0 Å². The maximum absolute atomic E-state index is 3.54. The van der Waals surface area contributed by atoms with E-state index in [0.717, 1.165) is 0 Å². The molecule has 0 saturated heterocycles. The first kappa shape index (κ1) is 6.88. The average molecular weight is 111 g/mol. The van der Waals surface area contributed by atoms with Crippen molar-refractivity contribution in [3.8, 4) is 0 Å². The molecule has 8 heavy (non-hydrogen) atoms. The second-order valence-corrected chi connectivity index (χ2v) is 1.02. The summed E-state index contributed by atoms with van der Waals surface area (Å²) in [5.74, 6) is 0. The maximum atomic E-state index is 3.54. The number of rotatable bonds is 3. The molecule has 44 valence electrons. The van der Waals surface area contributed by atoms with Crippen molar-refractivity contribution < 1.29 is 0 Å². The van der Waals surface area contributed by atoms with E-state index in [2.05, 4.69) is 22.1 Å². The minimum Gasteiger partial charge on any atom is -0.393 e. The van der Waals surface area contributed by atoms with E-state index in [0.29, 0.717) is 0 Å². The van der Waals surface area contributed by atoms with Crippen molar-refractivity contribution in [1.82, 2.24) is 5.32 Å². The third-order valence-corrected chi connectivity index (χ3v) is 0.456. The van der Waals surface area contributed by atoms with Crippen LogP contribution in [-0.4, -0.2) is 7.05 Å². The molecule has 0 aromatic rings. The lowest BCUT2D eigenvalue weighted by atomic mass is 10.9. The fourth-order valence-electron chi connectivity index (χ4n) is 0.193. The van der Waals surface area contributed by atoms with Crippen LogP contribution >= 0.6 is 0 Å². The van der Waals surface area contributed by atoms with Gasteiger partial charge in [0.25, 0.3) is 0 Å². The van der Waals surface area contributed by atoms with Gasteiger partial charge in [-0.05, 0) is 0 Å². The molecule has 0 aliphatic heterocycles. The quantitative estimate of drug-likeness (QED) is 0.547. The van der Waals surface area contributed by atoms with Gasteiger partial charge in [0.15, 0.2) is 0 Å². The Morgan fingerprint density at radius 3 is 2.75 bits per heavy atom. The first-order chi connectivity index (χ1) is 3.91. The number of nitrogens with one attached hydrogen (secondary N) is 1. The summed E-state index contributed by atoms with van der Waals surface area (Å²) in [5.41, 5.74) is 0. The molecule has 0 unspecified atom stereocenters. The molecule has 0 atom stereocenters. The largest absolute Gasteiger partial charge is 0.393 e. The Bertz CT molecular complexity index is 104. The van der Waals surface area contributed by atoms with E-state index >= 15 is 0 Å². The molecular weight excluding hydrogens is 102 g/mol. The normalized spacial score (nSPS) is 10.6. The highest BCUT2D eigenvalue weighted by atomic mass is 15.1. The zero-order chi connectivity index (χ0) is 6.24. The summed E-state index contributed by atoms with van der Waals surface area (Å²) in [6.45, 7) is 3.34. The summed E-state index contributed by atoms with van der Waals surface area (Å²) >= 11 is 0. The molecule has 0 rings (SSSR count). The molecule has 0 bridgehead atoms. The van der Waals surface area contributed by atoms with Crippen LogP contribution in [-0.2, 0) is 0 Å². The Kier molecular flexibility index (Phi) is 5.06. The van der Waals surface area contributed by atoms with Gasteiger partial charge in [0, 0.05) is 19.4 Å². The first-order valence-electron chi connectivity index (χ1n) is 2.25. The van der Waals surface area contributed by atoms with Crippen LogP contribution in [0.5, 0.6) is 0 Å². The van der Waals surface area contributed by atoms with Crippen LogP contribution < -0.4 is 5.32 Å². The standard InChI is InChI=1S/C5H9N3/c1-3-7-8-5-4-6-2/h3-6H,1H2,2H3/b5-4-,8-7-. The zero-order valence-electron chi connectivity index (χ0n) is 4.83. The van der Waals surface area contributed by atoms with E-state index in [9.17, 15) is 0 Å². The molecular formula is C5H9N3. The van der Waals surface area contributed by atoms with Crippen LogP contribution in [0, 0.1) is 0 Å². The number of hydrogen-bond donors (Lipinski definition) is 1. The van der Waals surface area contributed by atoms with Gasteiger partial charge in [0.2, 0.25) is 0 Å². The third-order valence-electron chi connectivity index (χ3n) is 0.456. The van der Waals surface area contributed by atoms with Crippen molar-refractivity contribution >= 4 is 0 Å². The lowest BCUT2D eigenvalue weighted by molar-refractivity contribution is 1.08. The first-order valence-corrected chi connectivity index (χ1v) is 2.25. The van der Waals surface area contributed by atoms with Crippen LogP contribution in [0.3, 0.4) is 0 Å². The predicted octanol–water partition coefficient (Wildman–Crippen LogP) is 1.27. The second kappa shape index (κ2) is 5.88. The SMILES string of the molecule is C=C/N=N\C=C/NC. The number of hydrogen-bond acceptors (Lipinski definition) is 3. The molecule has 0 amide bonds. The minimum absolute atomic E-state index is 1.38. The molecule has 0 saturated carbocycles. The summed E-state index contributed by atoms with van der Waals surface area (Å²) in [6.07, 6.45) is 4.59. The Labute approximate surface area is 48.8 Å². The van der Waals surface area contributed by atoms with Crippen molar-refractivity contribution in [2.75, 3.05) is 7.05 Å². The van der Waals surface area contributed by atoms with Crippen LogP contribution in [0.15, 0.2) is 35.4 Å². The van der Waals surface area contributed by atoms with Crippen LogP contribution in [0.25, 0.3) is 0 Å². The third kappa shape index (κ3) is 4.88. The second-order valence-electron chi connectivity index (χ2n) is 1.02. The molecule has 0 aromatic heterocycles. The highest BCUT2D eigenvalue weighted by Crippen LogP contribution is 1.74. The van der Waals surface area contributed by atoms with E-state index in [-0.39, 0.29) is 0 Å². The number of azo groups is 1. The minimum atomic E-state index is 1.38. The van der Waals surface area contributed by atoms with Crippen molar-refractivity contribution in [1.29, 1.82) is 0 Å². The van der Waals surface area contributed by atoms with Gasteiger partial charge in [0.05, 0.1) is 6.20 Å². The smallest absolute Gasteiger partial charge is 0.0652 e. The average Bonchev–Trinajstić information content (AvgIpc) is 1.81. The van der Waals surface area contributed by atoms with Gasteiger partial charge >= 0.3 is 0 Å². The topological polar surface area (TPSA) is 36.8 Å². The predicted molar refractivity (Wildman–Crippen MR) is 33.3 cm³/mol. The fraction of sp³-hybridized carbons (Fsp3) is 0.200. The van der Waals surface area contributed by atoms with Crippen molar-refractivity contribution in [2.45, 2.75) is 0 Å². The highest BCUT2D eigenvalue weighted by Gasteiger charge is 1.57. The fourth-order valence-corrected chi connectivity index (χ4v) is 0.193. The van der Waals surface area contributed by atoms with Crippen molar-refractivity contribution in [3.63, 3.8) is 0 Å². The molecule has 0 heterocycles. The monoisotopic (exact) mass is 111 g/mol. The van der Waals surface area contributed by atoms with Gasteiger partial charge in [0.1, 0.15) is 0 Å². The van der Waals surface area contributed by atoms with Crippen molar-refractivity contribution in [2.24, 2.45) is 10.2 Å². The summed E-state index contributed by atoms with van der Waals surface area (Å²) in [5, 5.41) is 9.77. The Balaban J connectivity index is 3.26. The summed E-state index contributed by atoms with van der Waals surface area (Å²) < 4.78 is 0. The zero-order valence-corrected chi connectivity index (χ0v) is 4.83. The van der Waals surface area contributed by atoms with Crippen LogP contribution in [0.2, 0.25) is 0 Å². The number of nitrogens with zero attached hydrogens (tertiary/aromatic N) is 2. The Morgan fingerprint density at radius 1 is 1.50 bits per heavy atom. The van der Waals surface area contributed by atoms with Crippen molar-refractivity contribution in [3.05, 3.63) is 25.2 Å². The van der Waals surface area contributed by atoms with E-state index in [4.69, 9.17) is 0 Å². The highest BCUT2D eigenvalue weighted by molar-refractivity contribution is 4.74. The van der Waals surface area contributed by atoms with Gasteiger partial charge in [-0.2, -0.15) is 10.2 Å². The molecule has 0 aliphatic carbocycles. The lowest BCUT2D eigenvalue weighted by Gasteiger charge is -1.77. The maximum Gasteiger partial charge on any atom is 0.0652 e. The van der Waals surface area contributed by atoms with Gasteiger partial charge in [-0.25, -0.2) is 0 Å². The van der Waals surface area contributed by atoms with Gasteiger partial charge < -0.3 is 5.32 Å².